The molecule has 2 aromatic carbocycles. The molecule has 0 fully saturated rings. The Labute approximate surface area is 141 Å². The van der Waals surface area contributed by atoms with Crippen LogP contribution in [0.25, 0.3) is 10.9 Å². The highest BCUT2D eigenvalue weighted by Gasteiger charge is 2.33. The molecule has 0 saturated heterocycles. The van der Waals surface area contributed by atoms with Crippen LogP contribution in [-0.4, -0.2) is 16.2 Å². The van der Waals surface area contributed by atoms with Crippen molar-refractivity contribution in [1.82, 2.24) is 9.55 Å². The molecule has 0 atom stereocenters. The van der Waals surface area contributed by atoms with Gasteiger partial charge in [0.25, 0.3) is 5.56 Å². The third-order valence-electron chi connectivity index (χ3n) is 3.72. The molecule has 0 unspecified atom stereocenters. The largest absolute Gasteiger partial charge is 0.493 e. The molecule has 0 aliphatic rings. The first-order valence-electron chi connectivity index (χ1n) is 7.70. The summed E-state index contributed by atoms with van der Waals surface area (Å²) in [6.45, 7) is 0.372. The van der Waals surface area contributed by atoms with Crippen molar-refractivity contribution in [1.29, 1.82) is 0 Å². The van der Waals surface area contributed by atoms with Crippen molar-refractivity contribution in [2.24, 2.45) is 0 Å². The number of ether oxygens (including phenoxy) is 1. The lowest BCUT2D eigenvalue weighted by Crippen LogP contribution is -2.21. The monoisotopic (exact) mass is 348 g/mol. The third kappa shape index (κ3) is 3.81. The number of hydrogen-bond acceptors (Lipinski definition) is 3. The molecular formula is C18H15F3N2O2. The van der Waals surface area contributed by atoms with Crippen molar-refractivity contribution < 1.29 is 17.9 Å². The van der Waals surface area contributed by atoms with Gasteiger partial charge in [0.15, 0.2) is 0 Å². The summed E-state index contributed by atoms with van der Waals surface area (Å²) < 4.78 is 45.4. The zero-order valence-corrected chi connectivity index (χ0v) is 13.2. The summed E-state index contributed by atoms with van der Waals surface area (Å²) in [6.07, 6.45) is -2.64. The van der Waals surface area contributed by atoms with Crippen LogP contribution < -0.4 is 10.3 Å². The molecule has 0 spiro atoms. The van der Waals surface area contributed by atoms with Gasteiger partial charge < -0.3 is 4.74 Å². The molecule has 0 amide bonds. The van der Waals surface area contributed by atoms with E-state index in [9.17, 15) is 18.0 Å². The van der Waals surface area contributed by atoms with Crippen molar-refractivity contribution >= 4 is 10.9 Å². The summed E-state index contributed by atoms with van der Waals surface area (Å²) in [4.78, 5) is 16.5. The van der Waals surface area contributed by atoms with Crippen LogP contribution in [0.4, 0.5) is 13.2 Å². The molecule has 0 aliphatic heterocycles. The SMILES string of the molecule is O=c1c2ccccc2ncn1CCCOc1ccccc1C(F)(F)F. The quantitative estimate of drug-likeness (QED) is 0.657. The first-order valence-corrected chi connectivity index (χ1v) is 7.70. The van der Waals surface area contributed by atoms with E-state index in [1.165, 1.54) is 29.1 Å². The van der Waals surface area contributed by atoms with Crippen LogP contribution in [0.3, 0.4) is 0 Å². The fourth-order valence-electron chi connectivity index (χ4n) is 2.51. The number of aromatic nitrogens is 2. The van der Waals surface area contributed by atoms with Gasteiger partial charge in [-0.05, 0) is 30.7 Å². The van der Waals surface area contributed by atoms with Gasteiger partial charge in [0.2, 0.25) is 0 Å². The maximum Gasteiger partial charge on any atom is 0.419 e. The lowest BCUT2D eigenvalue weighted by Gasteiger charge is -2.14. The summed E-state index contributed by atoms with van der Waals surface area (Å²) in [7, 11) is 0. The number of halogens is 3. The van der Waals surface area contributed by atoms with Crippen molar-refractivity contribution in [3.63, 3.8) is 0 Å². The van der Waals surface area contributed by atoms with Crippen LogP contribution in [0.1, 0.15) is 12.0 Å². The van der Waals surface area contributed by atoms with Crippen molar-refractivity contribution in [2.45, 2.75) is 19.1 Å². The molecule has 0 aliphatic carbocycles. The van der Waals surface area contributed by atoms with Crippen molar-refractivity contribution in [3.8, 4) is 5.75 Å². The zero-order valence-electron chi connectivity index (χ0n) is 13.2. The van der Waals surface area contributed by atoms with Crippen LogP contribution in [0.15, 0.2) is 59.7 Å². The van der Waals surface area contributed by atoms with E-state index in [2.05, 4.69) is 4.98 Å². The normalized spacial score (nSPS) is 11.6. The molecule has 3 aromatic rings. The molecule has 3 rings (SSSR count). The number of nitrogens with zero attached hydrogens (tertiary/aromatic N) is 2. The van der Waals surface area contributed by atoms with E-state index in [4.69, 9.17) is 4.74 Å². The second-order valence-electron chi connectivity index (χ2n) is 5.46. The zero-order chi connectivity index (χ0) is 17.9. The van der Waals surface area contributed by atoms with E-state index < -0.39 is 11.7 Å². The van der Waals surface area contributed by atoms with Gasteiger partial charge in [0.1, 0.15) is 5.75 Å². The number of aryl methyl sites for hydroxylation is 1. The maximum absolute atomic E-state index is 12.9. The fourth-order valence-corrected chi connectivity index (χ4v) is 2.51. The average Bonchev–Trinajstić information content (AvgIpc) is 2.60. The number of rotatable bonds is 5. The van der Waals surface area contributed by atoms with Crippen molar-refractivity contribution in [3.05, 3.63) is 70.8 Å². The number of para-hydroxylation sites is 2. The van der Waals surface area contributed by atoms with Gasteiger partial charge in [-0.25, -0.2) is 4.98 Å². The predicted molar refractivity (Wildman–Crippen MR) is 87.6 cm³/mol. The Morgan fingerprint density at radius 2 is 1.76 bits per heavy atom. The fraction of sp³-hybridized carbons (Fsp3) is 0.222. The molecule has 0 saturated carbocycles. The van der Waals surface area contributed by atoms with E-state index in [-0.39, 0.29) is 17.9 Å². The Balaban J connectivity index is 1.65. The molecule has 1 heterocycles. The highest BCUT2D eigenvalue weighted by Crippen LogP contribution is 2.35. The predicted octanol–water partition coefficient (Wildman–Crippen LogP) is 3.88. The second kappa shape index (κ2) is 6.96. The number of alkyl halides is 3. The van der Waals surface area contributed by atoms with Gasteiger partial charge in [-0.1, -0.05) is 24.3 Å². The second-order valence-corrected chi connectivity index (χ2v) is 5.46. The first-order chi connectivity index (χ1) is 12.0. The molecule has 4 nitrogen and oxygen atoms in total. The van der Waals surface area contributed by atoms with Crippen LogP contribution in [0.2, 0.25) is 0 Å². The molecule has 0 N–H and O–H groups in total. The first kappa shape index (κ1) is 17.0. The Kier molecular flexibility index (Phi) is 4.74. The Bertz CT molecular complexity index is 935. The van der Waals surface area contributed by atoms with Crippen LogP contribution in [0.5, 0.6) is 5.75 Å². The van der Waals surface area contributed by atoms with E-state index in [1.54, 1.807) is 24.3 Å². The van der Waals surface area contributed by atoms with E-state index >= 15 is 0 Å². The van der Waals surface area contributed by atoms with E-state index in [0.717, 1.165) is 6.07 Å². The lowest BCUT2D eigenvalue weighted by atomic mass is 10.2. The smallest absolute Gasteiger partial charge is 0.419 e. The van der Waals surface area contributed by atoms with Gasteiger partial charge in [0, 0.05) is 6.54 Å². The van der Waals surface area contributed by atoms with Crippen LogP contribution >= 0.6 is 0 Å². The number of hydrogen-bond donors (Lipinski definition) is 0. The highest BCUT2D eigenvalue weighted by molar-refractivity contribution is 5.76. The standard InChI is InChI=1S/C18H15F3N2O2/c19-18(20,21)14-7-2-4-9-16(14)25-11-5-10-23-12-22-15-8-3-1-6-13(15)17(23)24/h1-4,6-9,12H,5,10-11H2. The molecule has 0 bridgehead atoms. The molecule has 0 radical (unpaired) electrons. The van der Waals surface area contributed by atoms with Crippen molar-refractivity contribution in [2.75, 3.05) is 6.61 Å². The summed E-state index contributed by atoms with van der Waals surface area (Å²) >= 11 is 0. The Morgan fingerprint density at radius 1 is 1.04 bits per heavy atom. The molecule has 130 valence electrons. The number of fused-ring (bicyclic) bond motifs is 1. The topological polar surface area (TPSA) is 44.1 Å². The molecule has 7 heteroatoms. The summed E-state index contributed by atoms with van der Waals surface area (Å²) in [6, 6.07) is 12.1. The van der Waals surface area contributed by atoms with Crippen LogP contribution in [-0.2, 0) is 12.7 Å². The Hall–Kier alpha value is -2.83. The summed E-state index contributed by atoms with van der Waals surface area (Å²) in [5, 5.41) is 0.508. The van der Waals surface area contributed by atoms with Gasteiger partial charge in [-0.3, -0.25) is 9.36 Å². The number of benzene rings is 2. The van der Waals surface area contributed by atoms with Gasteiger partial charge in [-0.15, -0.1) is 0 Å². The summed E-state index contributed by atoms with van der Waals surface area (Å²) in [5.41, 5.74) is -0.375. The maximum atomic E-state index is 12.9. The highest BCUT2D eigenvalue weighted by atomic mass is 19.4. The minimum Gasteiger partial charge on any atom is -0.493 e. The molecule has 25 heavy (non-hydrogen) atoms. The molecule has 1 aromatic heterocycles. The van der Waals surface area contributed by atoms with E-state index in [0.29, 0.717) is 23.9 Å². The van der Waals surface area contributed by atoms with Gasteiger partial charge in [0.05, 0.1) is 29.4 Å². The van der Waals surface area contributed by atoms with E-state index in [1.807, 2.05) is 0 Å². The minimum atomic E-state index is -4.46. The van der Waals surface area contributed by atoms with Gasteiger partial charge in [-0.2, -0.15) is 13.2 Å². The summed E-state index contributed by atoms with van der Waals surface area (Å²) in [5.74, 6) is -0.209. The van der Waals surface area contributed by atoms with Gasteiger partial charge >= 0.3 is 6.18 Å². The average molecular weight is 348 g/mol. The lowest BCUT2D eigenvalue weighted by molar-refractivity contribution is -0.138. The molecular weight excluding hydrogens is 333 g/mol. The Morgan fingerprint density at radius 3 is 2.56 bits per heavy atom. The van der Waals surface area contributed by atoms with Crippen LogP contribution in [0, 0.1) is 0 Å². The third-order valence-corrected chi connectivity index (χ3v) is 3.72. The minimum absolute atomic E-state index is 0.0619.